The molecule has 6 nitrogen and oxygen atoms in total. The van der Waals surface area contributed by atoms with Crippen LogP contribution in [0.25, 0.3) is 10.9 Å². The number of nitrogens with zero attached hydrogens (tertiary/aromatic N) is 2. The molecule has 0 spiro atoms. The van der Waals surface area contributed by atoms with E-state index in [-0.39, 0.29) is 16.5 Å². The minimum Gasteiger partial charge on any atom is -0.540 e. The lowest BCUT2D eigenvalue weighted by Gasteiger charge is -2.36. The van der Waals surface area contributed by atoms with Gasteiger partial charge in [0.05, 0.1) is 13.3 Å². The Kier molecular flexibility index (Phi) is 4.34. The maximum atomic E-state index is 12.1. The van der Waals surface area contributed by atoms with E-state index in [0.717, 1.165) is 0 Å². The van der Waals surface area contributed by atoms with Crippen LogP contribution in [-0.4, -0.2) is 36.5 Å². The molecule has 0 fully saturated rings. The second-order valence-electron chi connectivity index (χ2n) is 6.92. The molecule has 0 bridgehead atoms. The third-order valence-corrected chi connectivity index (χ3v) is 8.53. The number of hydrogen-bond acceptors (Lipinski definition) is 6. The van der Waals surface area contributed by atoms with Crippen molar-refractivity contribution in [2.24, 2.45) is 0 Å². The number of hydrogen-bond donors (Lipinski definition) is 1. The molecule has 0 unspecified atom stereocenters. The summed E-state index contributed by atoms with van der Waals surface area (Å²) in [5, 5.41) is 10.1. The highest BCUT2D eigenvalue weighted by atomic mass is 28.4. The summed E-state index contributed by atoms with van der Waals surface area (Å²) >= 11 is 0. The van der Waals surface area contributed by atoms with E-state index in [0.29, 0.717) is 16.7 Å². The second-order valence-corrected chi connectivity index (χ2v) is 11.6. The summed E-state index contributed by atoms with van der Waals surface area (Å²) in [5.74, 6) is -0.222. The molecule has 0 aliphatic rings. The van der Waals surface area contributed by atoms with Gasteiger partial charge < -0.3 is 14.3 Å². The van der Waals surface area contributed by atoms with Crippen LogP contribution < -0.4 is 4.43 Å². The third-order valence-electron chi connectivity index (χ3n) is 4.21. The Bertz CT molecular complexity index is 754. The molecule has 0 amide bonds. The summed E-state index contributed by atoms with van der Waals surface area (Å²) < 4.78 is 11.1. The fourth-order valence-electron chi connectivity index (χ4n) is 1.81. The standard InChI is InChI=1S/C16H22N2O4Si/c1-16(2,3)23(5,6)22-14-12-10(7-11(19)9-18-12)8-17-13(14)15(20)21-4/h7-9,19H,1-6H3. The average molecular weight is 334 g/mol. The van der Waals surface area contributed by atoms with Crippen LogP contribution in [-0.2, 0) is 4.74 Å². The first-order valence-corrected chi connectivity index (χ1v) is 10.2. The van der Waals surface area contributed by atoms with Crippen LogP contribution in [0, 0.1) is 0 Å². The Morgan fingerprint density at radius 1 is 1.22 bits per heavy atom. The zero-order valence-corrected chi connectivity index (χ0v) is 15.3. The number of aromatic nitrogens is 2. The van der Waals surface area contributed by atoms with Gasteiger partial charge in [0.25, 0.3) is 8.32 Å². The Hall–Kier alpha value is -2.15. The van der Waals surface area contributed by atoms with Crippen LogP contribution in [0.4, 0.5) is 0 Å². The van der Waals surface area contributed by atoms with Crippen LogP contribution in [0.2, 0.25) is 18.1 Å². The molecule has 1 N–H and O–H groups in total. The molecule has 2 heterocycles. The van der Waals surface area contributed by atoms with Gasteiger partial charge in [-0.15, -0.1) is 0 Å². The normalized spacial score (nSPS) is 12.3. The van der Waals surface area contributed by atoms with E-state index >= 15 is 0 Å². The topological polar surface area (TPSA) is 81.5 Å². The molecule has 0 aliphatic carbocycles. The van der Waals surface area contributed by atoms with Gasteiger partial charge in [0, 0.05) is 11.6 Å². The van der Waals surface area contributed by atoms with Crippen LogP contribution in [0.15, 0.2) is 18.5 Å². The van der Waals surface area contributed by atoms with Crippen molar-refractivity contribution in [1.82, 2.24) is 9.97 Å². The summed E-state index contributed by atoms with van der Waals surface area (Å²) in [5.41, 5.74) is 0.589. The van der Waals surface area contributed by atoms with Crippen LogP contribution in [0.1, 0.15) is 31.3 Å². The molecule has 7 heteroatoms. The van der Waals surface area contributed by atoms with Crippen LogP contribution >= 0.6 is 0 Å². The van der Waals surface area contributed by atoms with Gasteiger partial charge in [-0.3, -0.25) is 0 Å². The molecule has 0 atom stereocenters. The number of carbonyl (C=O) groups excluding carboxylic acids is 1. The number of pyridine rings is 2. The summed E-state index contributed by atoms with van der Waals surface area (Å²) in [7, 11) is -0.917. The first kappa shape index (κ1) is 17.2. The van der Waals surface area contributed by atoms with Gasteiger partial charge in [-0.2, -0.15) is 0 Å². The van der Waals surface area contributed by atoms with E-state index in [2.05, 4.69) is 43.8 Å². The van der Waals surface area contributed by atoms with Crippen LogP contribution in [0.5, 0.6) is 11.5 Å². The molecule has 0 radical (unpaired) electrons. The quantitative estimate of drug-likeness (QED) is 0.683. The van der Waals surface area contributed by atoms with E-state index in [1.54, 1.807) is 0 Å². The predicted octanol–water partition coefficient (Wildman–Crippen LogP) is 3.51. The summed E-state index contributed by atoms with van der Waals surface area (Å²) in [4.78, 5) is 20.4. The lowest BCUT2D eigenvalue weighted by molar-refractivity contribution is 0.0592. The van der Waals surface area contributed by atoms with Crippen molar-refractivity contribution < 1.29 is 19.1 Å². The van der Waals surface area contributed by atoms with Gasteiger partial charge in [0.2, 0.25) is 0 Å². The van der Waals surface area contributed by atoms with E-state index in [1.807, 2.05) is 0 Å². The molecule has 23 heavy (non-hydrogen) atoms. The maximum Gasteiger partial charge on any atom is 0.360 e. The van der Waals surface area contributed by atoms with Crippen molar-refractivity contribution >= 4 is 25.2 Å². The number of aromatic hydroxyl groups is 1. The molecule has 0 aromatic carbocycles. The van der Waals surface area contributed by atoms with Gasteiger partial charge in [0.1, 0.15) is 11.3 Å². The van der Waals surface area contributed by atoms with Crippen molar-refractivity contribution in [2.45, 2.75) is 38.9 Å². The molecule has 0 aliphatic heterocycles. The SMILES string of the molecule is COC(=O)c1ncc2cc(O)cnc2c1O[Si](C)(C)C(C)(C)C. The highest BCUT2D eigenvalue weighted by Gasteiger charge is 2.40. The van der Waals surface area contributed by atoms with Crippen molar-refractivity contribution in [3.63, 3.8) is 0 Å². The number of ether oxygens (including phenoxy) is 1. The average Bonchev–Trinajstić information content (AvgIpc) is 2.45. The molecule has 124 valence electrons. The molecule has 2 aromatic rings. The summed E-state index contributed by atoms with van der Waals surface area (Å²) in [6.07, 6.45) is 2.80. The van der Waals surface area contributed by atoms with Gasteiger partial charge in [-0.05, 0) is 24.2 Å². The fourth-order valence-corrected chi connectivity index (χ4v) is 2.82. The number of rotatable bonds is 3. The molecule has 0 saturated heterocycles. The maximum absolute atomic E-state index is 12.1. The van der Waals surface area contributed by atoms with Crippen molar-refractivity contribution in [3.8, 4) is 11.5 Å². The third kappa shape index (κ3) is 3.29. The zero-order valence-electron chi connectivity index (χ0n) is 14.3. The lowest BCUT2D eigenvalue weighted by Crippen LogP contribution is -2.44. The van der Waals surface area contributed by atoms with E-state index in [4.69, 9.17) is 9.16 Å². The first-order valence-electron chi connectivity index (χ1n) is 7.32. The van der Waals surface area contributed by atoms with Gasteiger partial charge >= 0.3 is 5.97 Å². The van der Waals surface area contributed by atoms with Gasteiger partial charge in [0.15, 0.2) is 11.4 Å². The second kappa shape index (κ2) is 5.81. The molecular weight excluding hydrogens is 312 g/mol. The molecule has 2 rings (SSSR count). The Balaban J connectivity index is 2.69. The fraction of sp³-hybridized carbons (Fsp3) is 0.438. The Morgan fingerprint density at radius 3 is 2.43 bits per heavy atom. The van der Waals surface area contributed by atoms with Gasteiger partial charge in [-0.25, -0.2) is 14.8 Å². The summed E-state index contributed by atoms with van der Waals surface area (Å²) in [6, 6.07) is 1.54. The molecule has 0 saturated carbocycles. The zero-order chi connectivity index (χ0) is 17.4. The number of fused-ring (bicyclic) bond motifs is 1. The van der Waals surface area contributed by atoms with E-state index < -0.39 is 14.3 Å². The summed E-state index contributed by atoms with van der Waals surface area (Å²) in [6.45, 7) is 10.5. The number of methoxy groups -OCH3 is 1. The van der Waals surface area contributed by atoms with Crippen LogP contribution in [0.3, 0.4) is 0 Å². The monoisotopic (exact) mass is 334 g/mol. The van der Waals surface area contributed by atoms with Gasteiger partial charge in [-0.1, -0.05) is 20.8 Å². The minimum absolute atomic E-state index is 0.0309. The van der Waals surface area contributed by atoms with Crippen molar-refractivity contribution in [3.05, 3.63) is 24.2 Å². The predicted molar refractivity (Wildman–Crippen MR) is 90.4 cm³/mol. The Labute approximate surface area is 136 Å². The highest BCUT2D eigenvalue weighted by molar-refractivity contribution is 6.74. The van der Waals surface area contributed by atoms with Crippen molar-refractivity contribution in [1.29, 1.82) is 0 Å². The Morgan fingerprint density at radius 2 is 1.87 bits per heavy atom. The lowest BCUT2D eigenvalue weighted by atomic mass is 10.2. The number of carbonyl (C=O) groups is 1. The minimum atomic E-state index is -2.22. The van der Waals surface area contributed by atoms with Crippen molar-refractivity contribution in [2.75, 3.05) is 7.11 Å². The number of esters is 1. The highest BCUT2D eigenvalue weighted by Crippen LogP contribution is 2.40. The van der Waals surface area contributed by atoms with E-state index in [9.17, 15) is 9.90 Å². The smallest absolute Gasteiger partial charge is 0.360 e. The molecule has 2 aromatic heterocycles. The largest absolute Gasteiger partial charge is 0.540 e. The van der Waals surface area contributed by atoms with E-state index in [1.165, 1.54) is 25.6 Å². The first-order chi connectivity index (χ1) is 10.6. The molecular formula is C16H22N2O4Si.